The Morgan fingerprint density at radius 1 is 1.15 bits per heavy atom. The third kappa shape index (κ3) is 4.91. The molecular weight excluding hydrogens is 435 g/mol. The van der Waals surface area contributed by atoms with Crippen LogP contribution in [0.15, 0.2) is 18.2 Å². The number of benzene rings is 1. The Bertz CT molecular complexity index is 1020. The maximum absolute atomic E-state index is 14.0. The summed E-state index contributed by atoms with van der Waals surface area (Å²) in [4.78, 5) is 33.5. The van der Waals surface area contributed by atoms with Gasteiger partial charge >= 0.3 is 6.09 Å². The molecule has 2 aromatic rings. The Morgan fingerprint density at radius 3 is 2.59 bits per heavy atom. The summed E-state index contributed by atoms with van der Waals surface area (Å²) >= 11 is 0. The minimum atomic E-state index is -0.911. The van der Waals surface area contributed by atoms with E-state index in [0.717, 1.165) is 37.0 Å². The van der Waals surface area contributed by atoms with Gasteiger partial charge in [-0.05, 0) is 51.2 Å². The van der Waals surface area contributed by atoms with Gasteiger partial charge in [-0.2, -0.15) is 0 Å². The van der Waals surface area contributed by atoms with Crippen LogP contribution in [0.25, 0.3) is 11.0 Å². The molecule has 0 spiro atoms. The lowest BCUT2D eigenvalue weighted by atomic mass is 9.87. The Kier molecular flexibility index (Phi) is 7.73. The van der Waals surface area contributed by atoms with Crippen molar-refractivity contribution in [1.29, 1.82) is 0 Å². The summed E-state index contributed by atoms with van der Waals surface area (Å²) in [5.74, 6) is 0.484. The fourth-order valence-corrected chi connectivity index (χ4v) is 6.12. The fraction of sp³-hybridized carbons (Fsp3) is 0.654. The molecule has 186 valence electrons. The number of rotatable bonds is 7. The summed E-state index contributed by atoms with van der Waals surface area (Å²) < 4.78 is 16.0. The zero-order chi connectivity index (χ0) is 24.2. The minimum Gasteiger partial charge on any atom is -0.465 e. The molecule has 2 atom stereocenters. The highest BCUT2D eigenvalue weighted by atomic mass is 19.1. The highest BCUT2D eigenvalue weighted by molar-refractivity contribution is 5.78. The molecule has 8 heteroatoms. The third-order valence-corrected chi connectivity index (χ3v) is 7.74. The predicted octanol–water partition coefficient (Wildman–Crippen LogP) is 5.38. The number of amides is 2. The number of nitrogens with zero attached hydrogens (tertiary/aromatic N) is 4. The Hall–Kier alpha value is -2.64. The topological polar surface area (TPSA) is 78.7 Å². The number of aromatic nitrogens is 2. The van der Waals surface area contributed by atoms with Crippen LogP contribution in [0.4, 0.5) is 9.18 Å². The molecule has 1 N–H and O–H groups in total. The van der Waals surface area contributed by atoms with Crippen molar-refractivity contribution in [3.8, 4) is 0 Å². The Balaban J connectivity index is 1.63. The van der Waals surface area contributed by atoms with Gasteiger partial charge in [-0.15, -0.1) is 0 Å². The maximum atomic E-state index is 14.0. The van der Waals surface area contributed by atoms with Gasteiger partial charge in [0.05, 0.1) is 11.0 Å². The first-order chi connectivity index (χ1) is 16.4. The van der Waals surface area contributed by atoms with Crippen LogP contribution < -0.4 is 0 Å². The highest BCUT2D eigenvalue weighted by Crippen LogP contribution is 2.36. The van der Waals surface area contributed by atoms with Gasteiger partial charge in [-0.1, -0.05) is 26.2 Å². The smallest absolute Gasteiger partial charge is 0.407 e. The van der Waals surface area contributed by atoms with E-state index < -0.39 is 6.09 Å². The molecular formula is C26H37FN4O3. The van der Waals surface area contributed by atoms with Gasteiger partial charge in [0, 0.05) is 50.1 Å². The number of hydrogen-bond donors (Lipinski definition) is 1. The van der Waals surface area contributed by atoms with Gasteiger partial charge in [-0.25, -0.2) is 14.2 Å². The molecule has 1 aromatic heterocycles. The van der Waals surface area contributed by atoms with E-state index in [1.165, 1.54) is 36.3 Å². The molecule has 1 aliphatic carbocycles. The minimum absolute atomic E-state index is 0.0824. The van der Waals surface area contributed by atoms with Crippen LogP contribution in [-0.2, 0) is 11.3 Å². The summed E-state index contributed by atoms with van der Waals surface area (Å²) in [5.41, 5.74) is 1.36. The summed E-state index contributed by atoms with van der Waals surface area (Å²) in [6.07, 6.45) is 7.45. The van der Waals surface area contributed by atoms with E-state index in [-0.39, 0.29) is 23.7 Å². The first-order valence-electron chi connectivity index (χ1n) is 12.9. The number of hydrogen-bond acceptors (Lipinski definition) is 3. The SMILES string of the molecule is CCC1C(c2nc3cc(F)ccc3n2CCC(=O)N(CC)C2CCCCC2)CCCN1C(=O)O. The zero-order valence-corrected chi connectivity index (χ0v) is 20.4. The molecule has 7 nitrogen and oxygen atoms in total. The van der Waals surface area contributed by atoms with Gasteiger partial charge in [0.1, 0.15) is 11.6 Å². The van der Waals surface area contributed by atoms with Gasteiger partial charge in [-0.3, -0.25) is 4.79 Å². The van der Waals surface area contributed by atoms with E-state index in [2.05, 4.69) is 0 Å². The quantitative estimate of drug-likeness (QED) is 0.587. The van der Waals surface area contributed by atoms with Crippen LogP contribution in [0.2, 0.25) is 0 Å². The molecule has 1 aliphatic heterocycles. The lowest BCUT2D eigenvalue weighted by Gasteiger charge is -2.39. The first kappa shape index (κ1) is 24.5. The Morgan fingerprint density at radius 2 is 1.91 bits per heavy atom. The third-order valence-electron chi connectivity index (χ3n) is 7.74. The van der Waals surface area contributed by atoms with Gasteiger partial charge in [0.2, 0.25) is 5.91 Å². The standard InChI is InChI=1S/C26H37FN4O3/c1-3-22-20(11-8-15-31(22)26(33)34)25-28-21-17-18(27)12-13-23(21)30(25)16-14-24(32)29(4-2)19-9-6-5-7-10-19/h12-13,17,19-20,22H,3-11,14-16H2,1-2H3,(H,33,34). The molecule has 2 heterocycles. The summed E-state index contributed by atoms with van der Waals surface area (Å²) in [7, 11) is 0. The average molecular weight is 473 g/mol. The number of carboxylic acid groups (broad SMARTS) is 1. The largest absolute Gasteiger partial charge is 0.465 e. The van der Waals surface area contributed by atoms with Crippen molar-refractivity contribution >= 4 is 23.0 Å². The van der Waals surface area contributed by atoms with Crippen molar-refractivity contribution in [3.05, 3.63) is 29.8 Å². The van der Waals surface area contributed by atoms with Crippen LogP contribution in [0.3, 0.4) is 0 Å². The van der Waals surface area contributed by atoms with Crippen LogP contribution in [0.1, 0.15) is 83.4 Å². The van der Waals surface area contributed by atoms with Crippen LogP contribution >= 0.6 is 0 Å². The number of piperidine rings is 1. The van der Waals surface area contributed by atoms with Crippen molar-refractivity contribution in [2.75, 3.05) is 13.1 Å². The molecule has 34 heavy (non-hydrogen) atoms. The summed E-state index contributed by atoms with van der Waals surface area (Å²) in [6, 6.07) is 4.72. The predicted molar refractivity (Wildman–Crippen MR) is 129 cm³/mol. The van der Waals surface area contributed by atoms with E-state index >= 15 is 0 Å². The van der Waals surface area contributed by atoms with Gasteiger partial charge in [0.25, 0.3) is 0 Å². The molecule has 2 aliphatic rings. The lowest BCUT2D eigenvalue weighted by Crippen LogP contribution is -2.47. The average Bonchev–Trinajstić information content (AvgIpc) is 3.20. The zero-order valence-electron chi connectivity index (χ0n) is 20.4. The molecule has 1 saturated carbocycles. The van der Waals surface area contributed by atoms with Gasteiger partial charge in [0.15, 0.2) is 0 Å². The van der Waals surface area contributed by atoms with E-state index in [1.807, 2.05) is 23.3 Å². The highest BCUT2D eigenvalue weighted by Gasteiger charge is 2.37. The normalized spacial score (nSPS) is 21.7. The number of carbonyl (C=O) groups is 2. The molecule has 1 aromatic carbocycles. The maximum Gasteiger partial charge on any atom is 0.407 e. The van der Waals surface area contributed by atoms with E-state index in [4.69, 9.17) is 4.98 Å². The van der Waals surface area contributed by atoms with Crippen LogP contribution in [-0.4, -0.2) is 61.6 Å². The number of halogens is 1. The lowest BCUT2D eigenvalue weighted by molar-refractivity contribution is -0.134. The number of aryl methyl sites for hydroxylation is 1. The molecule has 0 bridgehead atoms. The molecule has 4 rings (SSSR count). The molecule has 2 unspecified atom stereocenters. The molecule has 2 fully saturated rings. The second-order valence-corrected chi connectivity index (χ2v) is 9.68. The van der Waals surface area contributed by atoms with Crippen LogP contribution in [0.5, 0.6) is 0 Å². The Labute approximate surface area is 200 Å². The summed E-state index contributed by atoms with van der Waals surface area (Å²) in [6.45, 7) is 5.73. The summed E-state index contributed by atoms with van der Waals surface area (Å²) in [5, 5.41) is 9.74. The monoisotopic (exact) mass is 472 g/mol. The fourth-order valence-electron chi connectivity index (χ4n) is 6.12. The number of likely N-dealkylation sites (tertiary alicyclic amines) is 1. The van der Waals surface area contributed by atoms with Gasteiger partial charge < -0.3 is 19.5 Å². The number of imidazole rings is 1. The van der Waals surface area contributed by atoms with E-state index in [0.29, 0.717) is 44.0 Å². The van der Waals surface area contributed by atoms with E-state index in [9.17, 15) is 19.1 Å². The van der Waals surface area contributed by atoms with Crippen molar-refractivity contribution in [2.24, 2.45) is 0 Å². The second kappa shape index (κ2) is 10.7. The number of fused-ring (bicyclic) bond motifs is 1. The molecule has 1 saturated heterocycles. The van der Waals surface area contributed by atoms with Crippen molar-refractivity contribution in [3.63, 3.8) is 0 Å². The number of carbonyl (C=O) groups excluding carboxylic acids is 1. The molecule has 0 radical (unpaired) electrons. The van der Waals surface area contributed by atoms with Crippen molar-refractivity contribution in [2.45, 2.75) is 96.2 Å². The van der Waals surface area contributed by atoms with E-state index in [1.54, 1.807) is 6.07 Å². The van der Waals surface area contributed by atoms with Crippen molar-refractivity contribution in [1.82, 2.24) is 19.4 Å². The molecule has 2 amide bonds. The van der Waals surface area contributed by atoms with Crippen molar-refractivity contribution < 1.29 is 19.1 Å². The van der Waals surface area contributed by atoms with Crippen LogP contribution in [0, 0.1) is 5.82 Å². The first-order valence-corrected chi connectivity index (χ1v) is 12.9. The second-order valence-electron chi connectivity index (χ2n) is 9.68.